The van der Waals surface area contributed by atoms with Crippen molar-refractivity contribution in [3.63, 3.8) is 0 Å². The molecule has 0 heterocycles. The molecule has 2 aromatic rings. The number of benzene rings is 2. The highest BCUT2D eigenvalue weighted by molar-refractivity contribution is 6.02. The Bertz CT molecular complexity index is 884. The van der Waals surface area contributed by atoms with Gasteiger partial charge in [-0.2, -0.15) is 8.78 Å². The van der Waals surface area contributed by atoms with Crippen molar-refractivity contribution in [1.29, 1.82) is 0 Å². The minimum atomic E-state index is -3.06. The molecule has 0 bridgehead atoms. The van der Waals surface area contributed by atoms with Crippen LogP contribution in [0.25, 0.3) is 6.08 Å². The van der Waals surface area contributed by atoms with Gasteiger partial charge in [0.2, 0.25) is 5.91 Å². The molecule has 7 nitrogen and oxygen atoms in total. The van der Waals surface area contributed by atoms with Crippen LogP contribution in [0, 0.1) is 17.0 Å². The quantitative estimate of drug-likeness (QED) is 0.444. The van der Waals surface area contributed by atoms with Gasteiger partial charge in [-0.1, -0.05) is 18.2 Å². The number of alkyl halides is 2. The monoisotopic (exact) mass is 378 g/mol. The number of nitro benzene ring substituents is 1. The van der Waals surface area contributed by atoms with Gasteiger partial charge in [-0.3, -0.25) is 14.9 Å². The van der Waals surface area contributed by atoms with Crippen molar-refractivity contribution in [2.24, 2.45) is 0 Å². The van der Waals surface area contributed by atoms with Crippen LogP contribution >= 0.6 is 0 Å². The minimum absolute atomic E-state index is 0.0902. The van der Waals surface area contributed by atoms with Gasteiger partial charge in [0.15, 0.2) is 11.5 Å². The Balaban J connectivity index is 2.23. The van der Waals surface area contributed by atoms with E-state index in [-0.39, 0.29) is 28.4 Å². The SMILES string of the molecule is COc1cccc(/C=C/C(=O)Nc2cc([N+](=O)[O-])ccc2C)c1OC(F)F. The fourth-order valence-electron chi connectivity index (χ4n) is 2.24. The Kier molecular flexibility index (Phi) is 6.42. The molecule has 0 aromatic heterocycles. The maximum Gasteiger partial charge on any atom is 0.387 e. The molecule has 9 heteroatoms. The van der Waals surface area contributed by atoms with Crippen LogP contribution in [0.5, 0.6) is 11.5 Å². The third kappa shape index (κ3) is 5.24. The molecule has 0 aliphatic carbocycles. The number of nitro groups is 1. The molecule has 2 rings (SSSR count). The van der Waals surface area contributed by atoms with E-state index in [9.17, 15) is 23.7 Å². The summed E-state index contributed by atoms with van der Waals surface area (Å²) in [7, 11) is 1.30. The van der Waals surface area contributed by atoms with Crippen LogP contribution in [0.4, 0.5) is 20.2 Å². The van der Waals surface area contributed by atoms with Gasteiger partial charge < -0.3 is 14.8 Å². The van der Waals surface area contributed by atoms with Crippen LogP contribution in [-0.4, -0.2) is 24.6 Å². The van der Waals surface area contributed by atoms with Gasteiger partial charge in [0.25, 0.3) is 5.69 Å². The molecule has 1 N–H and O–H groups in total. The zero-order valence-corrected chi connectivity index (χ0v) is 14.4. The minimum Gasteiger partial charge on any atom is -0.493 e. The first-order valence-electron chi connectivity index (χ1n) is 7.67. The van der Waals surface area contributed by atoms with E-state index in [0.29, 0.717) is 5.56 Å². The van der Waals surface area contributed by atoms with Crippen LogP contribution in [0.1, 0.15) is 11.1 Å². The fraction of sp³-hybridized carbons (Fsp3) is 0.167. The topological polar surface area (TPSA) is 90.7 Å². The van der Waals surface area contributed by atoms with Gasteiger partial charge in [0, 0.05) is 23.8 Å². The second-order valence-electron chi connectivity index (χ2n) is 5.34. The maximum absolute atomic E-state index is 12.6. The molecule has 0 aliphatic rings. The van der Waals surface area contributed by atoms with Crippen molar-refractivity contribution in [2.45, 2.75) is 13.5 Å². The highest BCUT2D eigenvalue weighted by atomic mass is 19.3. The molecule has 2 aromatic carbocycles. The first-order valence-corrected chi connectivity index (χ1v) is 7.67. The number of hydrogen-bond acceptors (Lipinski definition) is 5. The third-order valence-corrected chi connectivity index (χ3v) is 3.54. The Labute approximate surface area is 153 Å². The number of aryl methyl sites for hydroxylation is 1. The second kappa shape index (κ2) is 8.75. The number of rotatable bonds is 7. The summed E-state index contributed by atoms with van der Waals surface area (Å²) >= 11 is 0. The highest BCUT2D eigenvalue weighted by Gasteiger charge is 2.14. The van der Waals surface area contributed by atoms with Gasteiger partial charge >= 0.3 is 6.61 Å². The summed E-state index contributed by atoms with van der Waals surface area (Å²) < 4.78 is 34.7. The van der Waals surface area contributed by atoms with E-state index in [2.05, 4.69) is 10.1 Å². The largest absolute Gasteiger partial charge is 0.493 e. The van der Waals surface area contributed by atoms with Crippen LogP contribution in [0.15, 0.2) is 42.5 Å². The lowest BCUT2D eigenvalue weighted by Crippen LogP contribution is -2.09. The number of para-hydroxylation sites is 1. The number of halogens is 2. The Morgan fingerprint density at radius 1 is 1.30 bits per heavy atom. The summed E-state index contributed by atoms with van der Waals surface area (Å²) in [6.07, 6.45) is 2.38. The lowest BCUT2D eigenvalue weighted by molar-refractivity contribution is -0.384. The summed E-state index contributed by atoms with van der Waals surface area (Å²) in [5.41, 5.74) is 0.944. The molecular formula is C18H16F2N2O5. The number of non-ortho nitro benzene ring substituents is 1. The zero-order chi connectivity index (χ0) is 20.0. The van der Waals surface area contributed by atoms with Crippen molar-refractivity contribution in [3.05, 3.63) is 63.7 Å². The number of anilines is 1. The molecule has 27 heavy (non-hydrogen) atoms. The van der Waals surface area contributed by atoms with Gasteiger partial charge in [-0.15, -0.1) is 0 Å². The third-order valence-electron chi connectivity index (χ3n) is 3.54. The summed E-state index contributed by atoms with van der Waals surface area (Å²) in [5, 5.41) is 13.4. The Morgan fingerprint density at radius 2 is 2.04 bits per heavy atom. The van der Waals surface area contributed by atoms with E-state index in [0.717, 1.165) is 6.08 Å². The van der Waals surface area contributed by atoms with Crippen molar-refractivity contribution < 1.29 is 28.0 Å². The van der Waals surface area contributed by atoms with E-state index in [1.807, 2.05) is 0 Å². The van der Waals surface area contributed by atoms with Gasteiger partial charge in [0.05, 0.1) is 17.7 Å². The normalized spacial score (nSPS) is 10.9. The molecule has 0 fully saturated rings. The zero-order valence-electron chi connectivity index (χ0n) is 14.4. The number of hydrogen-bond donors (Lipinski definition) is 1. The molecule has 0 unspecified atom stereocenters. The van der Waals surface area contributed by atoms with Gasteiger partial charge in [-0.05, 0) is 24.6 Å². The molecule has 1 amide bonds. The smallest absolute Gasteiger partial charge is 0.387 e. The molecular weight excluding hydrogens is 362 g/mol. The van der Waals surface area contributed by atoms with Crippen molar-refractivity contribution >= 4 is 23.4 Å². The number of ether oxygens (including phenoxy) is 2. The van der Waals surface area contributed by atoms with Crippen molar-refractivity contribution in [3.8, 4) is 11.5 Å². The van der Waals surface area contributed by atoms with E-state index in [1.54, 1.807) is 13.0 Å². The van der Waals surface area contributed by atoms with E-state index >= 15 is 0 Å². The summed E-state index contributed by atoms with van der Waals surface area (Å²) in [6.45, 7) is -1.38. The highest BCUT2D eigenvalue weighted by Crippen LogP contribution is 2.33. The first-order chi connectivity index (χ1) is 12.8. The first kappa shape index (κ1) is 19.8. The summed E-state index contributed by atoms with van der Waals surface area (Å²) in [5.74, 6) is -0.706. The number of nitrogens with one attached hydrogen (secondary N) is 1. The molecule has 142 valence electrons. The molecule has 0 saturated carbocycles. The van der Waals surface area contributed by atoms with Crippen LogP contribution < -0.4 is 14.8 Å². The number of carbonyl (C=O) groups excluding carboxylic acids is 1. The number of nitrogens with zero attached hydrogens (tertiary/aromatic N) is 1. The number of amides is 1. The standard InChI is InChI=1S/C18H16F2N2O5/c1-11-6-8-13(22(24)25)10-14(11)21-16(23)9-7-12-4-3-5-15(26-2)17(12)27-18(19)20/h3-10,18H,1-2H3,(H,21,23)/b9-7+. The molecule has 0 spiro atoms. The maximum atomic E-state index is 12.6. The van der Waals surface area contributed by atoms with Gasteiger partial charge in [-0.25, -0.2) is 0 Å². The van der Waals surface area contributed by atoms with Crippen LogP contribution in [0.3, 0.4) is 0 Å². The van der Waals surface area contributed by atoms with E-state index in [4.69, 9.17) is 4.74 Å². The summed E-state index contributed by atoms with van der Waals surface area (Å²) in [4.78, 5) is 22.4. The molecule has 0 saturated heterocycles. The average Bonchev–Trinajstić information content (AvgIpc) is 2.62. The van der Waals surface area contributed by atoms with Gasteiger partial charge in [0.1, 0.15) is 0 Å². The summed E-state index contributed by atoms with van der Waals surface area (Å²) in [6, 6.07) is 8.54. The lowest BCUT2D eigenvalue weighted by atomic mass is 10.1. The number of methoxy groups -OCH3 is 1. The fourth-order valence-corrected chi connectivity index (χ4v) is 2.24. The molecule has 0 aliphatic heterocycles. The molecule has 0 atom stereocenters. The second-order valence-corrected chi connectivity index (χ2v) is 5.34. The van der Waals surface area contributed by atoms with Crippen LogP contribution in [-0.2, 0) is 4.79 Å². The average molecular weight is 378 g/mol. The van der Waals surface area contributed by atoms with E-state index in [1.165, 1.54) is 43.5 Å². The molecule has 0 radical (unpaired) electrons. The van der Waals surface area contributed by atoms with Crippen LogP contribution in [0.2, 0.25) is 0 Å². The van der Waals surface area contributed by atoms with E-state index < -0.39 is 17.4 Å². The van der Waals surface area contributed by atoms with Crippen molar-refractivity contribution in [1.82, 2.24) is 0 Å². The van der Waals surface area contributed by atoms with Crippen molar-refractivity contribution in [2.75, 3.05) is 12.4 Å². The predicted octanol–water partition coefficient (Wildman–Crippen LogP) is 4.17. The Hall–Kier alpha value is -3.49. The number of carbonyl (C=O) groups is 1. The Morgan fingerprint density at radius 3 is 2.67 bits per heavy atom. The lowest BCUT2D eigenvalue weighted by Gasteiger charge is -2.12. The predicted molar refractivity (Wildman–Crippen MR) is 95.1 cm³/mol.